The van der Waals surface area contributed by atoms with Crippen molar-refractivity contribution in [2.24, 2.45) is 0 Å². The summed E-state index contributed by atoms with van der Waals surface area (Å²) in [6.45, 7) is 0. The van der Waals surface area contributed by atoms with Gasteiger partial charge in [-0.25, -0.2) is 4.98 Å². The molecule has 1 N–H and O–H groups in total. The number of hydrogen-bond acceptors (Lipinski definition) is 1. The minimum atomic E-state index is 0.573. The summed E-state index contributed by atoms with van der Waals surface area (Å²) in [6.07, 6.45) is 2.44. The summed E-state index contributed by atoms with van der Waals surface area (Å²) in [5.74, 6) is 0.841. The van der Waals surface area contributed by atoms with Crippen LogP contribution < -0.4 is 0 Å². The van der Waals surface area contributed by atoms with Gasteiger partial charge in [0.2, 0.25) is 0 Å². The number of nitrogens with zero attached hydrogens (tertiary/aromatic N) is 1. The molecule has 118 valence electrons. The lowest BCUT2D eigenvalue weighted by Gasteiger charge is -2.05. The van der Waals surface area contributed by atoms with Crippen molar-refractivity contribution >= 4 is 34.0 Å². The fraction of sp³-hybridized carbons (Fsp3) is 0.0500. The first kappa shape index (κ1) is 15.3. The third kappa shape index (κ3) is 2.79. The fourth-order valence-corrected chi connectivity index (χ4v) is 3.45. The summed E-state index contributed by atoms with van der Waals surface area (Å²) in [5.41, 5.74) is 3.02. The van der Waals surface area contributed by atoms with E-state index >= 15 is 0 Å². The van der Waals surface area contributed by atoms with Crippen LogP contribution in [0.3, 0.4) is 0 Å². The van der Waals surface area contributed by atoms with E-state index in [0.717, 1.165) is 22.6 Å². The molecule has 3 aromatic carbocycles. The molecule has 0 atom stereocenters. The maximum Gasteiger partial charge on any atom is 0.111 e. The predicted octanol–water partition coefficient (Wildman–Crippen LogP) is 6.13. The molecule has 4 rings (SSSR count). The highest BCUT2D eigenvalue weighted by molar-refractivity contribution is 6.36. The van der Waals surface area contributed by atoms with E-state index in [-0.39, 0.29) is 0 Å². The third-order valence-electron chi connectivity index (χ3n) is 4.11. The molecule has 0 aliphatic heterocycles. The van der Waals surface area contributed by atoms with Crippen LogP contribution in [-0.2, 0) is 6.42 Å². The molecule has 1 aromatic heterocycles. The van der Waals surface area contributed by atoms with E-state index in [1.165, 1.54) is 10.8 Å². The largest absolute Gasteiger partial charge is 0.342 e. The van der Waals surface area contributed by atoms with Gasteiger partial charge in [-0.05, 0) is 28.5 Å². The number of benzene rings is 3. The molecule has 4 aromatic rings. The van der Waals surface area contributed by atoms with Gasteiger partial charge in [-0.15, -0.1) is 0 Å². The fourth-order valence-electron chi connectivity index (χ4n) is 2.92. The number of nitrogens with one attached hydrogen (secondary N) is 1. The molecule has 0 aliphatic rings. The lowest BCUT2D eigenvalue weighted by atomic mass is 10.0. The quantitative estimate of drug-likeness (QED) is 0.472. The molecule has 0 saturated heterocycles. The van der Waals surface area contributed by atoms with Crippen LogP contribution in [0.5, 0.6) is 0 Å². The van der Waals surface area contributed by atoms with Crippen LogP contribution in [0.1, 0.15) is 11.4 Å². The van der Waals surface area contributed by atoms with Crippen LogP contribution in [0, 0.1) is 0 Å². The van der Waals surface area contributed by atoms with Gasteiger partial charge in [-0.2, -0.15) is 0 Å². The zero-order valence-electron chi connectivity index (χ0n) is 12.8. The van der Waals surface area contributed by atoms with Crippen molar-refractivity contribution in [2.75, 3.05) is 0 Å². The van der Waals surface area contributed by atoms with E-state index in [1.54, 1.807) is 0 Å². The van der Waals surface area contributed by atoms with E-state index < -0.39 is 0 Å². The van der Waals surface area contributed by atoms with Gasteiger partial charge in [-0.1, -0.05) is 71.7 Å². The number of aromatic nitrogens is 2. The smallest absolute Gasteiger partial charge is 0.111 e. The maximum atomic E-state index is 6.26. The van der Waals surface area contributed by atoms with Gasteiger partial charge in [0, 0.05) is 22.0 Å². The molecule has 0 radical (unpaired) electrons. The Morgan fingerprint density at radius 2 is 1.54 bits per heavy atom. The summed E-state index contributed by atoms with van der Waals surface area (Å²) >= 11 is 12.5. The normalized spacial score (nSPS) is 11.1. The average Bonchev–Trinajstić information content (AvgIpc) is 3.06. The number of halogens is 2. The monoisotopic (exact) mass is 352 g/mol. The number of rotatable bonds is 3. The Morgan fingerprint density at radius 1 is 0.833 bits per heavy atom. The van der Waals surface area contributed by atoms with Crippen LogP contribution in [0.2, 0.25) is 10.0 Å². The van der Waals surface area contributed by atoms with Crippen molar-refractivity contribution in [3.05, 3.63) is 88.3 Å². The summed E-state index contributed by atoms with van der Waals surface area (Å²) in [5, 5.41) is 3.72. The Morgan fingerprint density at radius 3 is 2.38 bits per heavy atom. The van der Waals surface area contributed by atoms with Gasteiger partial charge in [0.05, 0.1) is 11.9 Å². The third-order valence-corrected chi connectivity index (χ3v) is 4.82. The second-order valence-electron chi connectivity index (χ2n) is 5.65. The predicted molar refractivity (Wildman–Crippen MR) is 101 cm³/mol. The van der Waals surface area contributed by atoms with Gasteiger partial charge in [0.25, 0.3) is 0 Å². The molecule has 0 fully saturated rings. The highest BCUT2D eigenvalue weighted by Gasteiger charge is 2.11. The average molecular weight is 353 g/mol. The minimum Gasteiger partial charge on any atom is -0.342 e. The van der Waals surface area contributed by atoms with Gasteiger partial charge < -0.3 is 4.98 Å². The molecule has 0 aliphatic carbocycles. The van der Waals surface area contributed by atoms with Crippen molar-refractivity contribution < 1.29 is 0 Å². The first-order valence-electron chi connectivity index (χ1n) is 7.67. The SMILES string of the molecule is Clc1cccc(Cl)c1Cc1ncc(-c2cccc3ccccc23)[nH]1. The molecule has 0 saturated carbocycles. The van der Waals surface area contributed by atoms with Gasteiger partial charge in [0.15, 0.2) is 0 Å². The first-order valence-corrected chi connectivity index (χ1v) is 8.43. The Bertz CT molecular complexity index is 996. The molecule has 24 heavy (non-hydrogen) atoms. The van der Waals surface area contributed by atoms with E-state index in [0.29, 0.717) is 16.5 Å². The maximum absolute atomic E-state index is 6.26. The number of aromatic amines is 1. The van der Waals surface area contributed by atoms with E-state index in [9.17, 15) is 0 Å². The Labute approximate surface area is 150 Å². The van der Waals surface area contributed by atoms with Gasteiger partial charge in [-0.3, -0.25) is 0 Å². The lowest BCUT2D eigenvalue weighted by Crippen LogP contribution is -1.93. The van der Waals surface area contributed by atoms with Crippen molar-refractivity contribution in [1.82, 2.24) is 9.97 Å². The Balaban J connectivity index is 1.72. The number of hydrogen-bond donors (Lipinski definition) is 1. The highest BCUT2D eigenvalue weighted by Crippen LogP contribution is 2.29. The first-order chi connectivity index (χ1) is 11.7. The Hall–Kier alpha value is -2.29. The highest BCUT2D eigenvalue weighted by atomic mass is 35.5. The van der Waals surface area contributed by atoms with Crippen LogP contribution in [0.25, 0.3) is 22.0 Å². The van der Waals surface area contributed by atoms with Gasteiger partial charge >= 0.3 is 0 Å². The Kier molecular flexibility index (Phi) is 4.01. The number of imidazole rings is 1. The van der Waals surface area contributed by atoms with Crippen molar-refractivity contribution in [1.29, 1.82) is 0 Å². The molecule has 0 amide bonds. The summed E-state index contributed by atoms with van der Waals surface area (Å²) in [4.78, 5) is 7.90. The second kappa shape index (κ2) is 6.31. The molecule has 2 nitrogen and oxygen atoms in total. The van der Waals surface area contributed by atoms with Crippen LogP contribution in [0.15, 0.2) is 66.9 Å². The van der Waals surface area contributed by atoms with Crippen LogP contribution >= 0.6 is 23.2 Å². The lowest BCUT2D eigenvalue weighted by molar-refractivity contribution is 1.03. The van der Waals surface area contributed by atoms with Crippen LogP contribution in [0.4, 0.5) is 0 Å². The molecule has 0 bridgehead atoms. The minimum absolute atomic E-state index is 0.573. The molecular formula is C20H14Cl2N2. The molecule has 0 spiro atoms. The zero-order chi connectivity index (χ0) is 16.5. The zero-order valence-corrected chi connectivity index (χ0v) is 14.3. The molecule has 0 unspecified atom stereocenters. The van der Waals surface area contributed by atoms with E-state index in [4.69, 9.17) is 23.2 Å². The number of fused-ring (bicyclic) bond motifs is 1. The van der Waals surface area contributed by atoms with Crippen molar-refractivity contribution in [2.45, 2.75) is 6.42 Å². The summed E-state index contributed by atoms with van der Waals surface area (Å²) < 4.78 is 0. The summed E-state index contributed by atoms with van der Waals surface area (Å²) in [7, 11) is 0. The van der Waals surface area contributed by atoms with Crippen LogP contribution in [-0.4, -0.2) is 9.97 Å². The van der Waals surface area contributed by atoms with E-state index in [1.807, 2.05) is 36.5 Å². The topological polar surface area (TPSA) is 28.7 Å². The molecule has 1 heterocycles. The molecular weight excluding hydrogens is 339 g/mol. The van der Waals surface area contributed by atoms with Crippen molar-refractivity contribution in [3.8, 4) is 11.3 Å². The number of H-pyrrole nitrogens is 1. The van der Waals surface area contributed by atoms with E-state index in [2.05, 4.69) is 40.3 Å². The molecule has 4 heteroatoms. The van der Waals surface area contributed by atoms with Crippen molar-refractivity contribution in [3.63, 3.8) is 0 Å². The van der Waals surface area contributed by atoms with Gasteiger partial charge in [0.1, 0.15) is 5.82 Å². The standard InChI is InChI=1S/C20H14Cl2N2/c21-17-9-4-10-18(22)16(17)11-20-23-12-19(24-20)15-8-3-6-13-5-1-2-7-14(13)15/h1-10,12H,11H2,(H,23,24). The second-order valence-corrected chi connectivity index (χ2v) is 6.46. The summed E-state index contributed by atoms with van der Waals surface area (Å²) in [6, 6.07) is 20.1.